The standard InChI is InChI=1S/C10H10N4O3/c1-5-4-11-14-9(5)13-10(17)6-2-7(15)12-8(16)3-6/h2-4H,1H3,(H2,12,15,16)(H2,11,13,14,17). The number of pyridine rings is 1. The van der Waals surface area contributed by atoms with E-state index in [4.69, 9.17) is 5.11 Å². The summed E-state index contributed by atoms with van der Waals surface area (Å²) in [4.78, 5) is 25.0. The highest BCUT2D eigenvalue weighted by molar-refractivity contribution is 6.04. The van der Waals surface area contributed by atoms with Crippen LogP contribution in [0.3, 0.4) is 0 Å². The van der Waals surface area contributed by atoms with Crippen LogP contribution in [0.5, 0.6) is 5.88 Å². The predicted molar refractivity (Wildman–Crippen MR) is 60.0 cm³/mol. The van der Waals surface area contributed by atoms with Crippen molar-refractivity contribution in [3.8, 4) is 5.88 Å². The number of carbonyl (C=O) groups excluding carboxylic acids is 1. The van der Waals surface area contributed by atoms with E-state index < -0.39 is 11.5 Å². The van der Waals surface area contributed by atoms with Gasteiger partial charge in [0.2, 0.25) is 0 Å². The maximum absolute atomic E-state index is 11.7. The molecule has 0 bridgehead atoms. The molecule has 1 amide bonds. The Hall–Kier alpha value is -2.57. The molecule has 0 aliphatic heterocycles. The van der Waals surface area contributed by atoms with Gasteiger partial charge in [-0.05, 0) is 6.92 Å². The quantitative estimate of drug-likeness (QED) is 0.601. The normalized spacial score (nSPS) is 10.2. The largest absolute Gasteiger partial charge is 0.494 e. The van der Waals surface area contributed by atoms with Gasteiger partial charge in [-0.2, -0.15) is 5.10 Å². The Kier molecular flexibility index (Phi) is 2.65. The predicted octanol–water partition coefficient (Wildman–Crippen LogP) is 0.364. The molecule has 0 radical (unpaired) electrons. The third-order valence-electron chi connectivity index (χ3n) is 2.16. The number of aromatic hydroxyl groups is 1. The maximum atomic E-state index is 11.7. The number of nitrogens with one attached hydrogen (secondary N) is 3. The van der Waals surface area contributed by atoms with Gasteiger partial charge in [0.15, 0.2) is 5.88 Å². The topological polar surface area (TPSA) is 111 Å². The van der Waals surface area contributed by atoms with Crippen LogP contribution in [0.2, 0.25) is 0 Å². The molecule has 0 saturated carbocycles. The Morgan fingerprint density at radius 3 is 2.82 bits per heavy atom. The summed E-state index contributed by atoms with van der Waals surface area (Å²) in [6.45, 7) is 1.77. The summed E-state index contributed by atoms with van der Waals surface area (Å²) in [6, 6.07) is 2.27. The van der Waals surface area contributed by atoms with Crippen molar-refractivity contribution in [2.75, 3.05) is 5.32 Å². The van der Waals surface area contributed by atoms with Gasteiger partial charge in [-0.25, -0.2) is 0 Å². The minimum absolute atomic E-state index is 0.0697. The first-order valence-corrected chi connectivity index (χ1v) is 4.81. The van der Waals surface area contributed by atoms with E-state index in [1.165, 1.54) is 6.07 Å². The highest BCUT2D eigenvalue weighted by Gasteiger charge is 2.10. The fraction of sp³-hybridized carbons (Fsp3) is 0.100. The summed E-state index contributed by atoms with van der Waals surface area (Å²) in [7, 11) is 0. The van der Waals surface area contributed by atoms with Gasteiger partial charge in [0.25, 0.3) is 11.5 Å². The highest BCUT2D eigenvalue weighted by atomic mass is 16.3. The lowest BCUT2D eigenvalue weighted by Crippen LogP contribution is -2.16. The molecule has 0 unspecified atom stereocenters. The summed E-state index contributed by atoms with van der Waals surface area (Å²) in [5.74, 6) is -0.405. The van der Waals surface area contributed by atoms with Crippen LogP contribution < -0.4 is 10.9 Å². The Balaban J connectivity index is 2.26. The van der Waals surface area contributed by atoms with Crippen molar-refractivity contribution in [1.82, 2.24) is 15.2 Å². The molecule has 7 heteroatoms. The van der Waals surface area contributed by atoms with Crippen molar-refractivity contribution in [1.29, 1.82) is 0 Å². The average Bonchev–Trinajstić information content (AvgIpc) is 2.63. The van der Waals surface area contributed by atoms with Crippen LogP contribution in [0.1, 0.15) is 15.9 Å². The summed E-state index contributed by atoms with van der Waals surface area (Å²) in [5.41, 5.74) is 0.296. The van der Waals surface area contributed by atoms with E-state index >= 15 is 0 Å². The molecule has 2 rings (SSSR count). The fourth-order valence-corrected chi connectivity index (χ4v) is 1.32. The first-order valence-electron chi connectivity index (χ1n) is 4.81. The lowest BCUT2D eigenvalue weighted by molar-refractivity contribution is 0.102. The number of rotatable bonds is 2. The Labute approximate surface area is 95.5 Å². The molecule has 0 spiro atoms. The number of hydrogen-bond donors (Lipinski definition) is 4. The van der Waals surface area contributed by atoms with E-state index in [2.05, 4.69) is 20.5 Å². The lowest BCUT2D eigenvalue weighted by atomic mass is 10.2. The summed E-state index contributed by atoms with van der Waals surface area (Å²) in [5, 5.41) is 18.1. The molecular formula is C10H10N4O3. The van der Waals surface area contributed by atoms with E-state index in [1.54, 1.807) is 13.1 Å². The monoisotopic (exact) mass is 234 g/mol. The molecule has 0 aliphatic rings. The van der Waals surface area contributed by atoms with E-state index in [0.29, 0.717) is 5.82 Å². The van der Waals surface area contributed by atoms with Crippen molar-refractivity contribution in [3.05, 3.63) is 39.8 Å². The van der Waals surface area contributed by atoms with Gasteiger partial charge in [-0.15, -0.1) is 0 Å². The third kappa shape index (κ3) is 2.33. The number of amides is 1. The Morgan fingerprint density at radius 2 is 2.24 bits per heavy atom. The van der Waals surface area contributed by atoms with Gasteiger partial charge in [-0.3, -0.25) is 19.7 Å². The van der Waals surface area contributed by atoms with Gasteiger partial charge < -0.3 is 10.4 Å². The maximum Gasteiger partial charge on any atom is 0.257 e. The molecule has 7 nitrogen and oxygen atoms in total. The molecule has 0 aromatic carbocycles. The third-order valence-corrected chi connectivity index (χ3v) is 2.16. The number of aromatic nitrogens is 3. The van der Waals surface area contributed by atoms with Crippen molar-refractivity contribution in [3.63, 3.8) is 0 Å². The zero-order valence-corrected chi connectivity index (χ0v) is 8.94. The van der Waals surface area contributed by atoms with Crippen LogP contribution in [0.15, 0.2) is 23.1 Å². The molecular weight excluding hydrogens is 224 g/mol. The molecule has 0 saturated heterocycles. The van der Waals surface area contributed by atoms with Gasteiger partial charge in [-0.1, -0.05) is 0 Å². The van der Waals surface area contributed by atoms with E-state index in [1.807, 2.05) is 0 Å². The van der Waals surface area contributed by atoms with Crippen LogP contribution in [0.25, 0.3) is 0 Å². The van der Waals surface area contributed by atoms with E-state index in [9.17, 15) is 9.59 Å². The van der Waals surface area contributed by atoms with Crippen LogP contribution in [0, 0.1) is 6.92 Å². The second-order valence-electron chi connectivity index (χ2n) is 3.50. The zero-order chi connectivity index (χ0) is 12.4. The molecule has 17 heavy (non-hydrogen) atoms. The minimum Gasteiger partial charge on any atom is -0.494 e. The molecule has 0 aliphatic carbocycles. The van der Waals surface area contributed by atoms with Crippen LogP contribution in [-0.4, -0.2) is 26.2 Å². The van der Waals surface area contributed by atoms with Crippen LogP contribution in [0.4, 0.5) is 5.82 Å². The fourth-order valence-electron chi connectivity index (χ4n) is 1.32. The lowest BCUT2D eigenvalue weighted by Gasteiger charge is -2.03. The average molecular weight is 234 g/mol. The van der Waals surface area contributed by atoms with Gasteiger partial charge >= 0.3 is 0 Å². The van der Waals surface area contributed by atoms with Crippen molar-refractivity contribution >= 4 is 11.7 Å². The number of H-pyrrole nitrogens is 2. The van der Waals surface area contributed by atoms with Gasteiger partial charge in [0.1, 0.15) is 5.82 Å². The number of hydrogen-bond acceptors (Lipinski definition) is 4. The second kappa shape index (κ2) is 4.12. The number of carbonyl (C=O) groups is 1. The SMILES string of the molecule is Cc1cn[nH]c1NC(=O)c1cc(O)[nH]c(=O)c1. The first-order chi connectivity index (χ1) is 8.06. The molecule has 0 fully saturated rings. The molecule has 2 aromatic heterocycles. The molecule has 0 atom stereocenters. The number of nitrogens with zero attached hydrogens (tertiary/aromatic N) is 1. The first kappa shape index (κ1) is 10.9. The number of aromatic amines is 2. The van der Waals surface area contributed by atoms with Gasteiger partial charge in [0, 0.05) is 17.7 Å². The van der Waals surface area contributed by atoms with Crippen LogP contribution in [-0.2, 0) is 0 Å². The van der Waals surface area contributed by atoms with E-state index in [-0.39, 0.29) is 11.4 Å². The Morgan fingerprint density at radius 1 is 1.47 bits per heavy atom. The summed E-state index contributed by atoms with van der Waals surface area (Å²) in [6.07, 6.45) is 1.56. The summed E-state index contributed by atoms with van der Waals surface area (Å²) >= 11 is 0. The van der Waals surface area contributed by atoms with Crippen molar-refractivity contribution < 1.29 is 9.90 Å². The van der Waals surface area contributed by atoms with Crippen LogP contribution >= 0.6 is 0 Å². The molecule has 2 aromatic rings. The zero-order valence-electron chi connectivity index (χ0n) is 8.94. The Bertz CT molecular complexity index is 614. The highest BCUT2D eigenvalue weighted by Crippen LogP contribution is 2.11. The van der Waals surface area contributed by atoms with E-state index in [0.717, 1.165) is 11.6 Å². The molecule has 2 heterocycles. The number of anilines is 1. The minimum atomic E-state index is -0.545. The van der Waals surface area contributed by atoms with Gasteiger partial charge in [0.05, 0.1) is 11.8 Å². The number of aryl methyl sites for hydroxylation is 1. The summed E-state index contributed by atoms with van der Waals surface area (Å²) < 4.78 is 0. The molecule has 4 N–H and O–H groups in total. The second-order valence-corrected chi connectivity index (χ2v) is 3.50. The van der Waals surface area contributed by atoms with Crippen molar-refractivity contribution in [2.24, 2.45) is 0 Å². The smallest absolute Gasteiger partial charge is 0.257 e. The van der Waals surface area contributed by atoms with Crippen molar-refractivity contribution in [2.45, 2.75) is 6.92 Å². The molecule has 88 valence electrons.